The number of allylic oxidation sites excluding steroid dienone is 2. The first-order chi connectivity index (χ1) is 7.73. The summed E-state index contributed by atoms with van der Waals surface area (Å²) in [7, 11) is 4.26. The molecule has 2 nitrogen and oxygen atoms in total. The van der Waals surface area contributed by atoms with E-state index in [1.807, 2.05) is 0 Å². The minimum atomic E-state index is 0.862. The monoisotopic (exact) mass is 215 g/mol. The highest BCUT2D eigenvalue weighted by Gasteiger charge is 2.28. The van der Waals surface area contributed by atoms with Crippen molar-refractivity contribution in [3.63, 3.8) is 0 Å². The van der Waals surface area contributed by atoms with E-state index in [4.69, 9.17) is 0 Å². The van der Waals surface area contributed by atoms with Crippen LogP contribution in [0, 0.1) is 0 Å². The van der Waals surface area contributed by atoms with Crippen LogP contribution in [0.3, 0.4) is 0 Å². The van der Waals surface area contributed by atoms with Crippen LogP contribution in [0.15, 0.2) is 54.8 Å². The van der Waals surface area contributed by atoms with Gasteiger partial charge in [-0.05, 0) is 12.2 Å². The van der Waals surface area contributed by atoms with E-state index in [0.29, 0.717) is 0 Å². The Bertz CT molecular complexity index is 392. The molecule has 1 aliphatic heterocycles. The fraction of sp³-hybridized carbons (Fsp3) is 0.286. The second-order valence-corrected chi connectivity index (χ2v) is 4.43. The number of rotatable bonds is 3. The molecular formula is C14H19N2+. The molecule has 1 heterocycles. The molecule has 84 valence electrons. The van der Waals surface area contributed by atoms with Crippen LogP contribution in [-0.2, 0) is 6.54 Å². The van der Waals surface area contributed by atoms with Gasteiger partial charge in [0.2, 0.25) is 0 Å². The molecule has 0 saturated heterocycles. The van der Waals surface area contributed by atoms with Gasteiger partial charge >= 0.3 is 0 Å². The van der Waals surface area contributed by atoms with E-state index in [1.54, 1.807) is 0 Å². The number of quaternary nitrogens is 1. The maximum atomic E-state index is 2.26. The van der Waals surface area contributed by atoms with E-state index in [9.17, 15) is 0 Å². The normalized spacial score (nSPS) is 23.9. The van der Waals surface area contributed by atoms with Gasteiger partial charge in [0.1, 0.15) is 19.3 Å². The molecule has 0 amide bonds. The highest BCUT2D eigenvalue weighted by Crippen LogP contribution is 2.20. The molecular weight excluding hydrogens is 196 g/mol. The van der Waals surface area contributed by atoms with Crippen LogP contribution in [0.2, 0.25) is 0 Å². The van der Waals surface area contributed by atoms with Crippen LogP contribution in [0.5, 0.6) is 0 Å². The molecule has 1 unspecified atom stereocenters. The van der Waals surface area contributed by atoms with Crippen molar-refractivity contribution < 1.29 is 4.59 Å². The fourth-order valence-corrected chi connectivity index (χ4v) is 2.05. The molecule has 16 heavy (non-hydrogen) atoms. The molecule has 2 rings (SSSR count). The number of nitrogens with zero attached hydrogens (tertiary/aromatic N) is 2. The molecule has 0 saturated carbocycles. The van der Waals surface area contributed by atoms with E-state index >= 15 is 0 Å². The SMILES string of the molecule is CN(C)[N+]1(Cc2ccccc2)C=CC=CC1. The van der Waals surface area contributed by atoms with Crippen molar-refractivity contribution in [2.45, 2.75) is 6.54 Å². The first-order valence-electron chi connectivity index (χ1n) is 5.66. The van der Waals surface area contributed by atoms with Crippen molar-refractivity contribution in [3.8, 4) is 0 Å². The summed E-state index contributed by atoms with van der Waals surface area (Å²) in [6.07, 6.45) is 8.73. The largest absolute Gasteiger partial charge is 0.211 e. The van der Waals surface area contributed by atoms with Crippen LogP contribution >= 0.6 is 0 Å². The van der Waals surface area contributed by atoms with Crippen molar-refractivity contribution in [2.75, 3.05) is 20.6 Å². The molecule has 1 aliphatic rings. The van der Waals surface area contributed by atoms with Crippen molar-refractivity contribution in [1.29, 1.82) is 0 Å². The lowest BCUT2D eigenvalue weighted by atomic mass is 10.2. The highest BCUT2D eigenvalue weighted by molar-refractivity contribution is 5.14. The summed E-state index contributed by atoms with van der Waals surface area (Å²) >= 11 is 0. The third-order valence-corrected chi connectivity index (χ3v) is 3.13. The predicted octanol–water partition coefficient (Wildman–Crippen LogP) is 2.56. The maximum Gasteiger partial charge on any atom is 0.127 e. The van der Waals surface area contributed by atoms with Crippen LogP contribution in [0.25, 0.3) is 0 Å². The topological polar surface area (TPSA) is 3.24 Å². The Balaban J connectivity index is 2.22. The Morgan fingerprint density at radius 3 is 2.44 bits per heavy atom. The van der Waals surface area contributed by atoms with Gasteiger partial charge in [0.15, 0.2) is 0 Å². The van der Waals surface area contributed by atoms with Gasteiger partial charge in [-0.25, -0.2) is 4.59 Å². The third-order valence-electron chi connectivity index (χ3n) is 3.13. The standard InChI is InChI=1S/C14H19N2/c1-15(2)16(11-7-4-8-12-16)13-14-9-5-3-6-10-14/h3-11H,12-13H2,1-2H3/q+1. The Labute approximate surface area is 97.7 Å². The second-order valence-electron chi connectivity index (χ2n) is 4.43. The highest BCUT2D eigenvalue weighted by atomic mass is 15.7. The Morgan fingerprint density at radius 1 is 1.12 bits per heavy atom. The first kappa shape index (κ1) is 11.1. The Hall–Kier alpha value is -1.38. The van der Waals surface area contributed by atoms with Gasteiger partial charge in [0.25, 0.3) is 0 Å². The summed E-state index contributed by atoms with van der Waals surface area (Å²) in [6, 6.07) is 10.6. The summed E-state index contributed by atoms with van der Waals surface area (Å²) in [5, 5.41) is 2.26. The molecule has 0 fully saturated rings. The average molecular weight is 215 g/mol. The van der Waals surface area contributed by atoms with Gasteiger partial charge < -0.3 is 0 Å². The van der Waals surface area contributed by atoms with Crippen LogP contribution in [0.4, 0.5) is 0 Å². The molecule has 0 radical (unpaired) electrons. The second kappa shape index (κ2) is 4.64. The lowest BCUT2D eigenvalue weighted by Gasteiger charge is -2.39. The van der Waals surface area contributed by atoms with Gasteiger partial charge in [0.05, 0.1) is 0 Å². The molecule has 1 atom stereocenters. The molecule has 0 bridgehead atoms. The zero-order valence-electron chi connectivity index (χ0n) is 10.0. The minimum Gasteiger partial charge on any atom is -0.211 e. The molecule has 0 N–H and O–H groups in total. The lowest BCUT2D eigenvalue weighted by Crippen LogP contribution is -2.52. The molecule has 1 aromatic carbocycles. The van der Waals surface area contributed by atoms with Gasteiger partial charge in [-0.3, -0.25) is 0 Å². The number of hydrogen-bond donors (Lipinski definition) is 0. The van der Waals surface area contributed by atoms with Crippen molar-refractivity contribution in [1.82, 2.24) is 5.01 Å². The fourth-order valence-electron chi connectivity index (χ4n) is 2.05. The number of hydrogen-bond acceptors (Lipinski definition) is 1. The quantitative estimate of drug-likeness (QED) is 0.700. The van der Waals surface area contributed by atoms with Crippen LogP contribution < -0.4 is 0 Å². The smallest absolute Gasteiger partial charge is 0.127 e. The summed E-state index contributed by atoms with van der Waals surface area (Å²) in [4.78, 5) is 0. The summed E-state index contributed by atoms with van der Waals surface area (Å²) in [5.74, 6) is 0. The zero-order valence-corrected chi connectivity index (χ0v) is 10.0. The summed E-state index contributed by atoms with van der Waals surface area (Å²) in [6.45, 7) is 2.03. The van der Waals surface area contributed by atoms with Gasteiger partial charge in [-0.2, -0.15) is 5.01 Å². The van der Waals surface area contributed by atoms with Gasteiger partial charge in [0, 0.05) is 19.7 Å². The minimum absolute atomic E-state index is 0.862. The van der Waals surface area contributed by atoms with E-state index in [-0.39, 0.29) is 0 Å². The third kappa shape index (κ3) is 2.23. The van der Waals surface area contributed by atoms with E-state index < -0.39 is 0 Å². The van der Waals surface area contributed by atoms with E-state index in [2.05, 4.69) is 73.9 Å². The van der Waals surface area contributed by atoms with Crippen LogP contribution in [0.1, 0.15) is 5.56 Å². The molecule has 0 aromatic heterocycles. The van der Waals surface area contributed by atoms with Gasteiger partial charge in [-0.1, -0.05) is 36.4 Å². The molecule has 2 heteroatoms. The zero-order chi connectivity index (χ0) is 11.4. The average Bonchev–Trinajstić information content (AvgIpc) is 2.31. The Morgan fingerprint density at radius 2 is 1.88 bits per heavy atom. The first-order valence-corrected chi connectivity index (χ1v) is 5.66. The van der Waals surface area contributed by atoms with E-state index in [0.717, 1.165) is 17.7 Å². The molecule has 0 spiro atoms. The number of benzene rings is 1. The summed E-state index contributed by atoms with van der Waals surface area (Å²) in [5.41, 5.74) is 1.37. The predicted molar refractivity (Wildman–Crippen MR) is 67.2 cm³/mol. The van der Waals surface area contributed by atoms with Gasteiger partial charge in [-0.15, -0.1) is 0 Å². The van der Waals surface area contributed by atoms with Crippen molar-refractivity contribution >= 4 is 0 Å². The molecule has 0 aliphatic carbocycles. The van der Waals surface area contributed by atoms with Crippen molar-refractivity contribution in [3.05, 3.63) is 60.3 Å². The Kier molecular flexibility index (Phi) is 3.22. The molecule has 1 aromatic rings. The van der Waals surface area contributed by atoms with E-state index in [1.165, 1.54) is 5.56 Å². The summed E-state index contributed by atoms with van der Waals surface area (Å²) < 4.78 is 0.862. The maximum absolute atomic E-state index is 2.26. The van der Waals surface area contributed by atoms with Crippen LogP contribution in [-0.4, -0.2) is 30.2 Å². The van der Waals surface area contributed by atoms with Crippen molar-refractivity contribution in [2.24, 2.45) is 0 Å². The lowest BCUT2D eigenvalue weighted by molar-refractivity contribution is -0.994.